The molecule has 38 heavy (non-hydrogen) atoms. The van der Waals surface area contributed by atoms with Crippen LogP contribution in [0.1, 0.15) is 16.7 Å². The van der Waals surface area contributed by atoms with Crippen molar-refractivity contribution in [3.05, 3.63) is 109 Å². The minimum absolute atomic E-state index is 0.527. The molecule has 3 aromatic carbocycles. The lowest BCUT2D eigenvalue weighted by Gasteiger charge is -2.26. The van der Waals surface area contributed by atoms with E-state index in [2.05, 4.69) is 80.9 Å². The summed E-state index contributed by atoms with van der Waals surface area (Å²) in [6.45, 7) is 5.31. The number of nitrogens with one attached hydrogen (secondary N) is 4. The molecule has 0 radical (unpaired) electrons. The SMILES string of the molecule is C=Cc1cc(N(Cc2ccc(-n3c(=S)[nH][nH]c3=S)cc2)Cc2ccc(-n3c(=S)[nH][nH]c3=S)cc2)ccc1S. The van der Waals surface area contributed by atoms with E-state index in [4.69, 9.17) is 48.9 Å². The van der Waals surface area contributed by atoms with Crippen molar-refractivity contribution in [1.82, 2.24) is 29.5 Å². The lowest BCUT2D eigenvalue weighted by atomic mass is 10.1. The molecule has 4 N–H and O–H groups in total. The van der Waals surface area contributed by atoms with Crippen molar-refractivity contribution in [2.45, 2.75) is 18.0 Å². The second-order valence-corrected chi connectivity index (χ2v) is 10.6. The van der Waals surface area contributed by atoms with Crippen LogP contribution in [0.3, 0.4) is 0 Å². The normalized spacial score (nSPS) is 11.0. The molecule has 0 spiro atoms. The molecule has 192 valence electrons. The summed E-state index contributed by atoms with van der Waals surface area (Å²) >= 11 is 26.0. The van der Waals surface area contributed by atoms with Crippen molar-refractivity contribution < 1.29 is 0 Å². The topological polar surface area (TPSA) is 76.3 Å². The van der Waals surface area contributed by atoms with Gasteiger partial charge in [-0.3, -0.25) is 29.5 Å². The number of H-pyrrole nitrogens is 4. The van der Waals surface area contributed by atoms with Crippen LogP contribution in [0.2, 0.25) is 0 Å². The van der Waals surface area contributed by atoms with E-state index in [0.717, 1.165) is 38.6 Å². The third kappa shape index (κ3) is 5.45. The highest BCUT2D eigenvalue weighted by molar-refractivity contribution is 7.80. The molecule has 2 heterocycles. The summed E-state index contributed by atoms with van der Waals surface area (Å²) in [5, 5.41) is 11.5. The number of aromatic nitrogens is 6. The Balaban J connectivity index is 1.45. The minimum atomic E-state index is 0.527. The van der Waals surface area contributed by atoms with Gasteiger partial charge in [0.05, 0.1) is 11.4 Å². The van der Waals surface area contributed by atoms with Gasteiger partial charge in [0, 0.05) is 23.7 Å². The highest BCUT2D eigenvalue weighted by Crippen LogP contribution is 2.27. The van der Waals surface area contributed by atoms with E-state index in [0.29, 0.717) is 32.2 Å². The maximum atomic E-state index is 5.35. The second kappa shape index (κ2) is 11.2. The van der Waals surface area contributed by atoms with E-state index in [9.17, 15) is 0 Å². The first-order chi connectivity index (χ1) is 18.3. The van der Waals surface area contributed by atoms with E-state index < -0.39 is 0 Å². The summed E-state index contributed by atoms with van der Waals surface area (Å²) < 4.78 is 5.69. The highest BCUT2D eigenvalue weighted by atomic mass is 32.1. The fourth-order valence-electron chi connectivity index (χ4n) is 4.17. The number of hydrogen-bond acceptors (Lipinski definition) is 6. The van der Waals surface area contributed by atoms with Crippen LogP contribution in [0, 0.1) is 19.1 Å². The van der Waals surface area contributed by atoms with Crippen LogP contribution in [0.25, 0.3) is 17.5 Å². The van der Waals surface area contributed by atoms with Gasteiger partial charge in [-0.25, -0.2) is 0 Å². The van der Waals surface area contributed by atoms with E-state index in [1.165, 1.54) is 0 Å². The molecule has 5 aromatic rings. The first kappa shape index (κ1) is 26.3. The van der Waals surface area contributed by atoms with Gasteiger partial charge in [0.25, 0.3) is 0 Å². The Morgan fingerprint density at radius 3 is 1.50 bits per heavy atom. The van der Waals surface area contributed by atoms with Crippen molar-refractivity contribution in [1.29, 1.82) is 0 Å². The summed E-state index contributed by atoms with van der Waals surface area (Å²) in [6.07, 6.45) is 1.82. The number of rotatable bonds is 8. The Labute approximate surface area is 244 Å². The molecule has 0 atom stereocenters. The zero-order chi connectivity index (χ0) is 26.8. The molecule has 0 aliphatic heterocycles. The lowest BCUT2D eigenvalue weighted by molar-refractivity contribution is 0.798. The fourth-order valence-corrected chi connectivity index (χ4v) is 5.51. The first-order valence-corrected chi connectivity index (χ1v) is 13.6. The molecule has 12 heteroatoms. The number of nitrogens with zero attached hydrogens (tertiary/aromatic N) is 3. The zero-order valence-corrected chi connectivity index (χ0v) is 24.1. The molecule has 0 bridgehead atoms. The Morgan fingerprint density at radius 2 is 1.11 bits per heavy atom. The molecule has 0 saturated carbocycles. The van der Waals surface area contributed by atoms with Crippen LogP contribution in [0.5, 0.6) is 0 Å². The lowest BCUT2D eigenvalue weighted by Crippen LogP contribution is -2.22. The minimum Gasteiger partial charge on any atom is -0.363 e. The molecular formula is C26H23N7S5. The highest BCUT2D eigenvalue weighted by Gasteiger charge is 2.12. The summed E-state index contributed by atoms with van der Waals surface area (Å²) in [7, 11) is 0. The second-order valence-electron chi connectivity index (χ2n) is 8.53. The number of anilines is 1. The summed E-state index contributed by atoms with van der Waals surface area (Å²) in [5.74, 6) is 0. The van der Waals surface area contributed by atoms with Crippen molar-refractivity contribution >= 4 is 73.3 Å². The van der Waals surface area contributed by atoms with Gasteiger partial charge in [-0.1, -0.05) is 36.9 Å². The van der Waals surface area contributed by atoms with Crippen molar-refractivity contribution in [2.75, 3.05) is 4.90 Å². The molecule has 7 nitrogen and oxygen atoms in total. The van der Waals surface area contributed by atoms with Gasteiger partial charge in [-0.05, 0) is 108 Å². The largest absolute Gasteiger partial charge is 0.363 e. The molecule has 5 rings (SSSR count). The molecule has 0 saturated heterocycles. The standard InChI is InChI=1S/C26H23N7S5/c1-2-18-13-21(11-12-22(18)34)31(14-16-3-7-19(8-4-16)32-23(35)27-28-24(32)36)15-17-5-9-20(10-6-17)33-25(37)29-30-26(33)38/h2-13,34H,1,14-15H2,(H,27,35)(H,28,36)(H,29,37)(H,30,38). The smallest absolute Gasteiger partial charge is 0.198 e. The first-order valence-electron chi connectivity index (χ1n) is 11.5. The third-order valence-corrected chi connectivity index (χ3v) is 7.64. The average molecular weight is 594 g/mol. The van der Waals surface area contributed by atoms with Gasteiger partial charge in [0.1, 0.15) is 0 Å². The quantitative estimate of drug-likeness (QED) is 0.0945. The van der Waals surface area contributed by atoms with Crippen LogP contribution in [0.4, 0.5) is 5.69 Å². The number of thiol groups is 1. The predicted octanol–water partition coefficient (Wildman–Crippen LogP) is 7.64. The Hall–Kier alpha value is -3.29. The Bertz CT molecular complexity index is 1670. The van der Waals surface area contributed by atoms with Crippen LogP contribution in [-0.4, -0.2) is 29.5 Å². The van der Waals surface area contributed by atoms with Gasteiger partial charge >= 0.3 is 0 Å². The monoisotopic (exact) mass is 593 g/mol. The van der Waals surface area contributed by atoms with Gasteiger partial charge in [-0.15, -0.1) is 12.6 Å². The van der Waals surface area contributed by atoms with Crippen LogP contribution >= 0.6 is 61.5 Å². The molecule has 2 aromatic heterocycles. The molecular weight excluding hydrogens is 571 g/mol. The van der Waals surface area contributed by atoms with Crippen LogP contribution in [-0.2, 0) is 13.1 Å². The van der Waals surface area contributed by atoms with Gasteiger partial charge in [0.2, 0.25) is 0 Å². The number of benzene rings is 3. The van der Waals surface area contributed by atoms with E-state index in [1.807, 2.05) is 36.4 Å². The van der Waals surface area contributed by atoms with Gasteiger partial charge in [0.15, 0.2) is 19.1 Å². The summed E-state index contributed by atoms with van der Waals surface area (Å²) in [6, 6.07) is 22.6. The molecule has 0 aliphatic carbocycles. The summed E-state index contributed by atoms with van der Waals surface area (Å²) in [4.78, 5) is 3.20. The zero-order valence-electron chi connectivity index (χ0n) is 20.0. The number of aromatic amines is 4. The number of hydrogen-bond donors (Lipinski definition) is 5. The fraction of sp³-hybridized carbons (Fsp3) is 0.0769. The predicted molar refractivity (Wildman–Crippen MR) is 166 cm³/mol. The van der Waals surface area contributed by atoms with E-state index in [1.54, 1.807) is 9.13 Å². The van der Waals surface area contributed by atoms with Crippen molar-refractivity contribution in [3.63, 3.8) is 0 Å². The average Bonchev–Trinajstić information content (AvgIpc) is 3.44. The maximum absolute atomic E-state index is 5.35. The molecule has 0 fully saturated rings. The Morgan fingerprint density at radius 1 is 0.684 bits per heavy atom. The van der Waals surface area contributed by atoms with Crippen LogP contribution in [0.15, 0.2) is 78.2 Å². The molecule has 0 aliphatic rings. The molecule has 0 amide bonds. The maximum Gasteiger partial charge on any atom is 0.198 e. The van der Waals surface area contributed by atoms with Crippen molar-refractivity contribution in [3.8, 4) is 11.4 Å². The van der Waals surface area contributed by atoms with E-state index >= 15 is 0 Å². The summed E-state index contributed by atoms with van der Waals surface area (Å²) in [5.41, 5.74) is 6.13. The van der Waals surface area contributed by atoms with Gasteiger partial charge in [-0.2, -0.15) is 0 Å². The third-order valence-electron chi connectivity index (χ3n) is 6.10. The van der Waals surface area contributed by atoms with Crippen molar-refractivity contribution in [2.24, 2.45) is 0 Å². The Kier molecular flexibility index (Phi) is 7.77. The van der Waals surface area contributed by atoms with E-state index in [-0.39, 0.29) is 0 Å². The molecule has 0 unspecified atom stereocenters. The van der Waals surface area contributed by atoms with Gasteiger partial charge < -0.3 is 4.90 Å². The van der Waals surface area contributed by atoms with Crippen LogP contribution < -0.4 is 4.90 Å².